The highest BCUT2D eigenvalue weighted by molar-refractivity contribution is 5.76. The zero-order valence-electron chi connectivity index (χ0n) is 11.5. The second-order valence-electron chi connectivity index (χ2n) is 4.91. The SMILES string of the molecule is COc1ccc(C(NCC2CC2)C(=O)O)cc1OC(F)F. The molecule has 1 aromatic carbocycles. The fourth-order valence-corrected chi connectivity index (χ4v) is 2.02. The maximum Gasteiger partial charge on any atom is 0.387 e. The van der Waals surface area contributed by atoms with Gasteiger partial charge in [-0.1, -0.05) is 6.07 Å². The molecular weight excluding hydrogens is 284 g/mol. The topological polar surface area (TPSA) is 67.8 Å². The molecule has 0 spiro atoms. The number of nitrogens with one attached hydrogen (secondary N) is 1. The number of methoxy groups -OCH3 is 1. The maximum absolute atomic E-state index is 12.4. The summed E-state index contributed by atoms with van der Waals surface area (Å²) in [4.78, 5) is 11.3. The molecule has 116 valence electrons. The number of hydrogen-bond acceptors (Lipinski definition) is 4. The second kappa shape index (κ2) is 6.71. The fourth-order valence-electron chi connectivity index (χ4n) is 2.02. The van der Waals surface area contributed by atoms with E-state index in [1.165, 1.54) is 25.3 Å². The van der Waals surface area contributed by atoms with E-state index in [1.54, 1.807) is 0 Å². The molecule has 0 saturated heterocycles. The molecule has 1 atom stereocenters. The Hall–Kier alpha value is -1.89. The van der Waals surface area contributed by atoms with Crippen LogP contribution < -0.4 is 14.8 Å². The van der Waals surface area contributed by atoms with Crippen molar-refractivity contribution in [2.45, 2.75) is 25.5 Å². The van der Waals surface area contributed by atoms with Crippen LogP contribution in [0.25, 0.3) is 0 Å². The van der Waals surface area contributed by atoms with Crippen LogP contribution >= 0.6 is 0 Å². The normalized spacial score (nSPS) is 15.8. The van der Waals surface area contributed by atoms with Gasteiger partial charge < -0.3 is 19.9 Å². The first-order valence-corrected chi connectivity index (χ1v) is 6.60. The number of benzene rings is 1. The van der Waals surface area contributed by atoms with Gasteiger partial charge in [0.15, 0.2) is 11.5 Å². The summed E-state index contributed by atoms with van der Waals surface area (Å²) < 4.78 is 34.1. The average molecular weight is 301 g/mol. The first-order chi connectivity index (χ1) is 10.0. The molecule has 1 saturated carbocycles. The Labute approximate surface area is 120 Å². The Bertz CT molecular complexity index is 506. The highest BCUT2D eigenvalue weighted by Crippen LogP contribution is 2.33. The molecule has 1 fully saturated rings. The van der Waals surface area contributed by atoms with Crippen LogP contribution in [0.1, 0.15) is 24.4 Å². The van der Waals surface area contributed by atoms with E-state index < -0.39 is 18.6 Å². The summed E-state index contributed by atoms with van der Waals surface area (Å²) in [7, 11) is 1.33. The van der Waals surface area contributed by atoms with Gasteiger partial charge in [0.25, 0.3) is 0 Å². The number of ether oxygens (including phenoxy) is 2. The van der Waals surface area contributed by atoms with Crippen LogP contribution in [-0.4, -0.2) is 31.3 Å². The van der Waals surface area contributed by atoms with Gasteiger partial charge in [0.05, 0.1) is 7.11 Å². The Morgan fingerprint density at radius 2 is 2.14 bits per heavy atom. The minimum absolute atomic E-state index is 0.130. The van der Waals surface area contributed by atoms with Crippen molar-refractivity contribution < 1.29 is 28.2 Å². The van der Waals surface area contributed by atoms with Crippen molar-refractivity contribution in [3.8, 4) is 11.5 Å². The van der Waals surface area contributed by atoms with Crippen molar-refractivity contribution in [3.05, 3.63) is 23.8 Å². The van der Waals surface area contributed by atoms with Crippen molar-refractivity contribution in [3.63, 3.8) is 0 Å². The van der Waals surface area contributed by atoms with Crippen molar-refractivity contribution >= 4 is 5.97 Å². The number of rotatable bonds is 8. The molecule has 0 bridgehead atoms. The van der Waals surface area contributed by atoms with E-state index in [0.29, 0.717) is 18.0 Å². The smallest absolute Gasteiger partial charge is 0.387 e. The predicted octanol–water partition coefficient (Wildman–Crippen LogP) is 2.42. The number of halogens is 2. The molecule has 0 heterocycles. The molecule has 0 amide bonds. The zero-order chi connectivity index (χ0) is 15.4. The van der Waals surface area contributed by atoms with E-state index in [1.807, 2.05) is 0 Å². The summed E-state index contributed by atoms with van der Waals surface area (Å²) >= 11 is 0. The van der Waals surface area contributed by atoms with E-state index >= 15 is 0 Å². The van der Waals surface area contributed by atoms with Crippen LogP contribution in [0.15, 0.2) is 18.2 Å². The van der Waals surface area contributed by atoms with Crippen molar-refractivity contribution in [1.29, 1.82) is 0 Å². The number of carbonyl (C=O) groups is 1. The van der Waals surface area contributed by atoms with E-state index in [2.05, 4.69) is 10.1 Å². The van der Waals surface area contributed by atoms with Gasteiger partial charge in [0, 0.05) is 0 Å². The largest absolute Gasteiger partial charge is 0.493 e. The van der Waals surface area contributed by atoms with Crippen LogP contribution in [0, 0.1) is 5.92 Å². The molecule has 1 aliphatic rings. The third-order valence-corrected chi connectivity index (χ3v) is 3.29. The molecule has 21 heavy (non-hydrogen) atoms. The fraction of sp³-hybridized carbons (Fsp3) is 0.500. The zero-order valence-corrected chi connectivity index (χ0v) is 11.5. The Morgan fingerprint density at radius 1 is 1.43 bits per heavy atom. The van der Waals surface area contributed by atoms with Gasteiger partial charge in [0.2, 0.25) is 0 Å². The number of hydrogen-bond donors (Lipinski definition) is 2. The van der Waals surface area contributed by atoms with Gasteiger partial charge in [-0.3, -0.25) is 4.79 Å². The van der Waals surface area contributed by atoms with Crippen LogP contribution in [0.5, 0.6) is 11.5 Å². The highest BCUT2D eigenvalue weighted by atomic mass is 19.3. The van der Waals surface area contributed by atoms with Gasteiger partial charge in [-0.2, -0.15) is 8.78 Å². The van der Waals surface area contributed by atoms with Gasteiger partial charge in [-0.05, 0) is 43.0 Å². The lowest BCUT2D eigenvalue weighted by molar-refractivity contribution is -0.139. The maximum atomic E-state index is 12.4. The highest BCUT2D eigenvalue weighted by Gasteiger charge is 2.26. The summed E-state index contributed by atoms with van der Waals surface area (Å²) in [6.45, 7) is -2.41. The number of alkyl halides is 2. The molecule has 7 heteroatoms. The van der Waals surface area contributed by atoms with Crippen molar-refractivity contribution in [2.75, 3.05) is 13.7 Å². The molecule has 2 rings (SSSR count). The molecule has 0 aromatic heterocycles. The molecule has 2 N–H and O–H groups in total. The minimum atomic E-state index is -3.00. The average Bonchev–Trinajstić information content (AvgIpc) is 3.22. The lowest BCUT2D eigenvalue weighted by Crippen LogP contribution is -2.30. The first-order valence-electron chi connectivity index (χ1n) is 6.60. The lowest BCUT2D eigenvalue weighted by atomic mass is 10.1. The molecule has 1 aromatic rings. The molecule has 0 aliphatic heterocycles. The van der Waals surface area contributed by atoms with Crippen molar-refractivity contribution in [2.24, 2.45) is 5.92 Å². The van der Waals surface area contributed by atoms with E-state index in [-0.39, 0.29) is 11.5 Å². The van der Waals surface area contributed by atoms with E-state index in [9.17, 15) is 18.7 Å². The Morgan fingerprint density at radius 3 is 2.67 bits per heavy atom. The molecule has 1 unspecified atom stereocenters. The molecule has 1 aliphatic carbocycles. The standard InChI is InChI=1S/C14H17F2NO4/c1-20-10-5-4-9(6-11(10)21-14(15)16)12(13(18)19)17-7-8-2-3-8/h4-6,8,12,14,17H,2-3,7H2,1H3,(H,18,19). The van der Waals surface area contributed by atoms with Crippen LogP contribution in [0.3, 0.4) is 0 Å². The molecule has 5 nitrogen and oxygen atoms in total. The summed E-state index contributed by atoms with van der Waals surface area (Å²) in [6.07, 6.45) is 2.17. The number of aliphatic carboxylic acids is 1. The Balaban J connectivity index is 2.19. The quantitative estimate of drug-likeness (QED) is 0.772. The predicted molar refractivity (Wildman–Crippen MR) is 70.7 cm³/mol. The monoisotopic (exact) mass is 301 g/mol. The summed E-state index contributed by atoms with van der Waals surface area (Å²) in [5, 5.41) is 12.2. The van der Waals surface area contributed by atoms with Gasteiger partial charge >= 0.3 is 12.6 Å². The van der Waals surface area contributed by atoms with Crippen molar-refractivity contribution in [1.82, 2.24) is 5.32 Å². The van der Waals surface area contributed by atoms with E-state index in [0.717, 1.165) is 12.8 Å². The molecule has 0 radical (unpaired) electrons. The summed E-state index contributed by atoms with van der Waals surface area (Å²) in [6, 6.07) is 3.25. The number of carboxylic acids is 1. The molecular formula is C14H17F2NO4. The Kier molecular flexibility index (Phi) is 4.95. The van der Waals surface area contributed by atoms with Crippen LogP contribution in [-0.2, 0) is 4.79 Å². The summed E-state index contributed by atoms with van der Waals surface area (Å²) in [5.41, 5.74) is 0.347. The summed E-state index contributed by atoms with van der Waals surface area (Å²) in [5.74, 6) is -0.611. The number of carboxylic acid groups (broad SMARTS) is 1. The third-order valence-electron chi connectivity index (χ3n) is 3.29. The lowest BCUT2D eigenvalue weighted by Gasteiger charge is -2.17. The van der Waals surface area contributed by atoms with Gasteiger partial charge in [0.1, 0.15) is 6.04 Å². The van der Waals surface area contributed by atoms with Crippen LogP contribution in [0.4, 0.5) is 8.78 Å². The van der Waals surface area contributed by atoms with E-state index in [4.69, 9.17) is 4.74 Å². The van der Waals surface area contributed by atoms with Gasteiger partial charge in [-0.25, -0.2) is 0 Å². The van der Waals surface area contributed by atoms with Crippen LogP contribution in [0.2, 0.25) is 0 Å². The third kappa shape index (κ3) is 4.29. The van der Waals surface area contributed by atoms with Gasteiger partial charge in [-0.15, -0.1) is 0 Å². The minimum Gasteiger partial charge on any atom is -0.493 e. The second-order valence-corrected chi connectivity index (χ2v) is 4.91. The first kappa shape index (κ1) is 15.5.